The number of hydrogen-bond donors (Lipinski definition) is 0. The van der Waals surface area contributed by atoms with Crippen LogP contribution in [0, 0.1) is 0 Å². The van der Waals surface area contributed by atoms with Gasteiger partial charge in [-0.1, -0.05) is 200 Å². The Bertz CT molecular complexity index is 4250. The van der Waals surface area contributed by atoms with Gasteiger partial charge in [-0.15, -0.1) is 0 Å². The largest absolute Gasteiger partial charge is 0.292 e. The van der Waals surface area contributed by atoms with Crippen molar-refractivity contribution in [2.24, 2.45) is 0 Å². The zero-order valence-corrected chi connectivity index (χ0v) is 39.4. The smallest absolute Gasteiger partial charge is 0.160 e. The van der Waals surface area contributed by atoms with E-state index in [0.717, 1.165) is 122 Å². The molecule has 3 aromatic heterocycles. The number of benzene rings is 11. The van der Waals surface area contributed by atoms with Crippen LogP contribution in [0.25, 0.3) is 139 Å². The van der Waals surface area contributed by atoms with Crippen LogP contribution in [0.3, 0.4) is 0 Å². The summed E-state index contributed by atoms with van der Waals surface area (Å²) in [6.45, 7) is 0. The Morgan fingerprint density at radius 2 is 0.644 bits per heavy atom. The van der Waals surface area contributed by atoms with Crippen LogP contribution in [-0.4, -0.2) is 29.5 Å². The molecule has 340 valence electrons. The van der Waals surface area contributed by atoms with E-state index in [2.05, 4.69) is 247 Å². The van der Waals surface area contributed by atoms with Crippen molar-refractivity contribution in [3.05, 3.63) is 255 Å². The molecule has 0 spiro atoms. The number of aromatic nitrogens is 6. The van der Waals surface area contributed by atoms with Gasteiger partial charge >= 0.3 is 0 Å². The predicted octanol–water partition coefficient (Wildman–Crippen LogP) is 16.9. The molecule has 14 aromatic rings. The molecular weight excluding hydrogens is 889 g/mol. The SMILES string of the molecule is c1ccc(-c2cc(-c3cc(-c4cc(-c5ccccc5)nc(-c5ccc6ccccc6c5)n4)cc(-c4nc5c6ccccc6c6ccccc6c5n4-c4ccccc4)c3)nc(-c3ccc4ccccc4c3)n2)cc1. The van der Waals surface area contributed by atoms with Gasteiger partial charge < -0.3 is 0 Å². The summed E-state index contributed by atoms with van der Waals surface area (Å²) in [5, 5.41) is 9.13. The predicted molar refractivity (Wildman–Crippen MR) is 300 cm³/mol. The second-order valence-electron chi connectivity index (χ2n) is 18.5. The third kappa shape index (κ3) is 7.57. The molecule has 0 amide bonds. The molecule has 6 heteroatoms. The van der Waals surface area contributed by atoms with Gasteiger partial charge in [0.15, 0.2) is 11.6 Å². The molecule has 73 heavy (non-hydrogen) atoms. The fourth-order valence-electron chi connectivity index (χ4n) is 10.4. The summed E-state index contributed by atoms with van der Waals surface area (Å²) in [6.07, 6.45) is 0. The molecule has 0 aliphatic carbocycles. The van der Waals surface area contributed by atoms with Crippen LogP contribution >= 0.6 is 0 Å². The minimum atomic E-state index is 0.635. The normalized spacial score (nSPS) is 11.6. The van der Waals surface area contributed by atoms with Gasteiger partial charge in [-0.3, -0.25) is 4.57 Å². The third-order valence-electron chi connectivity index (χ3n) is 13.9. The summed E-state index contributed by atoms with van der Waals surface area (Å²) in [5.41, 5.74) is 12.7. The van der Waals surface area contributed by atoms with E-state index in [1.165, 1.54) is 5.39 Å². The topological polar surface area (TPSA) is 69.4 Å². The summed E-state index contributed by atoms with van der Waals surface area (Å²) >= 11 is 0. The van der Waals surface area contributed by atoms with E-state index >= 15 is 0 Å². The molecule has 0 unspecified atom stereocenters. The first-order valence-electron chi connectivity index (χ1n) is 24.6. The molecule has 0 bridgehead atoms. The Labute approximate surface area is 421 Å². The summed E-state index contributed by atoms with van der Waals surface area (Å²) in [6, 6.07) is 89.2. The molecule has 3 heterocycles. The Hall–Kier alpha value is -9.91. The Morgan fingerprint density at radius 1 is 0.247 bits per heavy atom. The van der Waals surface area contributed by atoms with Crippen LogP contribution in [-0.2, 0) is 0 Å². The zero-order valence-electron chi connectivity index (χ0n) is 39.4. The van der Waals surface area contributed by atoms with E-state index in [0.29, 0.717) is 11.6 Å². The summed E-state index contributed by atoms with van der Waals surface area (Å²) in [5.74, 6) is 2.07. The van der Waals surface area contributed by atoms with Crippen molar-refractivity contribution in [2.75, 3.05) is 0 Å². The molecule has 0 fully saturated rings. The number of rotatable bonds is 8. The third-order valence-corrected chi connectivity index (χ3v) is 13.9. The zero-order chi connectivity index (χ0) is 48.2. The van der Waals surface area contributed by atoms with Gasteiger partial charge in [0.05, 0.1) is 33.8 Å². The highest BCUT2D eigenvalue weighted by atomic mass is 15.1. The average molecular weight is 931 g/mol. The minimum Gasteiger partial charge on any atom is -0.292 e. The van der Waals surface area contributed by atoms with Crippen molar-refractivity contribution in [1.82, 2.24) is 29.5 Å². The van der Waals surface area contributed by atoms with Gasteiger partial charge in [-0.05, 0) is 86.9 Å². The van der Waals surface area contributed by atoms with E-state index in [4.69, 9.17) is 24.9 Å². The Balaban J connectivity index is 1.08. The van der Waals surface area contributed by atoms with E-state index in [1.807, 2.05) is 12.1 Å². The van der Waals surface area contributed by atoms with E-state index in [-0.39, 0.29) is 0 Å². The molecule has 0 aliphatic rings. The Kier molecular flexibility index (Phi) is 10.1. The minimum absolute atomic E-state index is 0.635. The standard InChI is InChI=1S/C67H42N6/c1-4-20-45(21-5-1)59-41-61(70-65(68-59)49-34-32-43-18-10-12-24-47(43)36-49)51-38-52(62-42-60(46-22-6-2-7-23-46)69-66(71-62)50-35-33-44-19-11-13-25-48(44)37-50)40-53(39-51)67-72-63-57-30-16-14-28-55(57)56-29-15-17-31-58(56)64(63)73(67)54-26-8-3-9-27-54/h1-42H. The van der Waals surface area contributed by atoms with Crippen molar-refractivity contribution < 1.29 is 0 Å². The molecule has 0 N–H and O–H groups in total. The van der Waals surface area contributed by atoms with Gasteiger partial charge in [0, 0.05) is 55.4 Å². The van der Waals surface area contributed by atoms with Crippen molar-refractivity contribution >= 4 is 54.1 Å². The maximum absolute atomic E-state index is 5.72. The lowest BCUT2D eigenvalue weighted by Gasteiger charge is -2.16. The van der Waals surface area contributed by atoms with Gasteiger partial charge in [0.1, 0.15) is 5.82 Å². The number of nitrogens with zero attached hydrogens (tertiary/aromatic N) is 6. The molecule has 0 saturated carbocycles. The van der Waals surface area contributed by atoms with Crippen molar-refractivity contribution in [3.63, 3.8) is 0 Å². The fourth-order valence-corrected chi connectivity index (χ4v) is 10.4. The highest BCUT2D eigenvalue weighted by Gasteiger charge is 2.23. The first-order chi connectivity index (χ1) is 36.1. The van der Waals surface area contributed by atoms with Crippen LogP contribution in [0.4, 0.5) is 0 Å². The monoisotopic (exact) mass is 930 g/mol. The van der Waals surface area contributed by atoms with Crippen molar-refractivity contribution in [2.45, 2.75) is 0 Å². The van der Waals surface area contributed by atoms with Crippen LogP contribution in [0.5, 0.6) is 0 Å². The van der Waals surface area contributed by atoms with Gasteiger partial charge in [-0.2, -0.15) is 0 Å². The van der Waals surface area contributed by atoms with Gasteiger partial charge in [0.25, 0.3) is 0 Å². The van der Waals surface area contributed by atoms with E-state index in [1.54, 1.807) is 0 Å². The molecule has 0 aliphatic heterocycles. The van der Waals surface area contributed by atoms with E-state index < -0.39 is 0 Å². The highest BCUT2D eigenvalue weighted by Crippen LogP contribution is 2.42. The molecular formula is C67H42N6. The van der Waals surface area contributed by atoms with Crippen LogP contribution in [0.2, 0.25) is 0 Å². The first-order valence-corrected chi connectivity index (χ1v) is 24.6. The number of imidazole rings is 1. The van der Waals surface area contributed by atoms with Crippen LogP contribution in [0.1, 0.15) is 0 Å². The van der Waals surface area contributed by atoms with Crippen LogP contribution < -0.4 is 0 Å². The molecule has 0 radical (unpaired) electrons. The maximum Gasteiger partial charge on any atom is 0.160 e. The molecule has 0 saturated heterocycles. The number of para-hydroxylation sites is 1. The van der Waals surface area contributed by atoms with Crippen LogP contribution in [0.15, 0.2) is 255 Å². The average Bonchev–Trinajstić information content (AvgIpc) is 3.89. The maximum atomic E-state index is 5.72. The quantitative estimate of drug-likeness (QED) is 0.142. The molecule has 0 atom stereocenters. The fraction of sp³-hybridized carbons (Fsp3) is 0. The summed E-state index contributed by atoms with van der Waals surface area (Å²) in [4.78, 5) is 27.2. The molecule has 14 rings (SSSR count). The highest BCUT2D eigenvalue weighted by molar-refractivity contribution is 6.24. The lowest BCUT2D eigenvalue weighted by atomic mass is 9.98. The first kappa shape index (κ1) is 42.0. The summed E-state index contributed by atoms with van der Waals surface area (Å²) < 4.78 is 2.33. The molecule has 6 nitrogen and oxygen atoms in total. The molecule has 11 aromatic carbocycles. The number of hydrogen-bond acceptors (Lipinski definition) is 5. The lowest BCUT2D eigenvalue weighted by molar-refractivity contribution is 1.11. The Morgan fingerprint density at radius 3 is 1.16 bits per heavy atom. The summed E-state index contributed by atoms with van der Waals surface area (Å²) in [7, 11) is 0. The lowest BCUT2D eigenvalue weighted by Crippen LogP contribution is -2.01. The number of fused-ring (bicyclic) bond motifs is 8. The second-order valence-corrected chi connectivity index (χ2v) is 18.5. The second kappa shape index (κ2) is 17.5. The van der Waals surface area contributed by atoms with E-state index in [9.17, 15) is 0 Å². The van der Waals surface area contributed by atoms with Crippen molar-refractivity contribution in [3.8, 4) is 84.9 Å². The van der Waals surface area contributed by atoms with Gasteiger partial charge in [-0.25, -0.2) is 24.9 Å². The van der Waals surface area contributed by atoms with Crippen molar-refractivity contribution in [1.29, 1.82) is 0 Å². The van der Waals surface area contributed by atoms with Gasteiger partial charge in [0.2, 0.25) is 0 Å².